The molecule has 2 aromatic rings. The Morgan fingerprint density at radius 1 is 1.08 bits per heavy atom. The minimum Gasteiger partial charge on any atom is -0.496 e. The van der Waals surface area contributed by atoms with Crippen LogP contribution in [-0.4, -0.2) is 25.3 Å². The molecule has 0 saturated heterocycles. The largest absolute Gasteiger partial charge is 0.496 e. The summed E-state index contributed by atoms with van der Waals surface area (Å²) in [5, 5.41) is 2.98. The Balaban J connectivity index is 1.66. The van der Waals surface area contributed by atoms with Crippen molar-refractivity contribution in [1.29, 1.82) is 0 Å². The first kappa shape index (κ1) is 18.4. The maximum atomic E-state index is 12.0. The number of hydrogen-bond donors (Lipinski definition) is 1. The summed E-state index contributed by atoms with van der Waals surface area (Å²) >= 11 is 1.84. The zero-order valence-electron chi connectivity index (χ0n) is 14.6. The van der Waals surface area contributed by atoms with E-state index < -0.39 is 0 Å². The molecular formula is C20H25NO2S. The van der Waals surface area contributed by atoms with Crippen molar-refractivity contribution in [2.24, 2.45) is 0 Å². The number of aryl methyl sites for hydroxylation is 2. The van der Waals surface area contributed by atoms with E-state index in [1.54, 1.807) is 7.11 Å². The summed E-state index contributed by atoms with van der Waals surface area (Å²) < 4.78 is 5.24. The highest BCUT2D eigenvalue weighted by atomic mass is 32.2. The quantitative estimate of drug-likeness (QED) is 0.739. The zero-order chi connectivity index (χ0) is 17.4. The molecule has 2 rings (SSSR count). The number of rotatable bonds is 8. The topological polar surface area (TPSA) is 38.3 Å². The lowest BCUT2D eigenvalue weighted by Gasteiger charge is -2.08. The molecule has 0 fully saturated rings. The van der Waals surface area contributed by atoms with Crippen LogP contribution in [0.25, 0.3) is 0 Å². The highest BCUT2D eigenvalue weighted by Crippen LogP contribution is 2.18. The van der Waals surface area contributed by atoms with E-state index in [-0.39, 0.29) is 5.91 Å². The maximum Gasteiger partial charge on any atom is 0.224 e. The SMILES string of the molecule is COc1ccc(CC(=O)NCCSCc2ccc(C)cc2)cc1C. The normalized spacial score (nSPS) is 10.5. The Labute approximate surface area is 148 Å². The Morgan fingerprint density at radius 3 is 2.46 bits per heavy atom. The van der Waals surface area contributed by atoms with E-state index in [9.17, 15) is 4.79 Å². The second kappa shape index (κ2) is 9.38. The Bertz CT molecular complexity index is 668. The monoisotopic (exact) mass is 343 g/mol. The molecule has 0 radical (unpaired) electrons. The molecule has 3 nitrogen and oxygen atoms in total. The number of ether oxygens (including phenoxy) is 1. The van der Waals surface area contributed by atoms with Crippen LogP contribution in [-0.2, 0) is 17.0 Å². The van der Waals surface area contributed by atoms with Crippen LogP contribution in [0.3, 0.4) is 0 Å². The maximum absolute atomic E-state index is 12.0. The number of benzene rings is 2. The van der Waals surface area contributed by atoms with Crippen LogP contribution < -0.4 is 10.1 Å². The standard InChI is InChI=1S/C20H25NO2S/c1-15-4-6-17(7-5-15)14-24-11-10-21-20(22)13-18-8-9-19(23-3)16(2)12-18/h4-9,12H,10-11,13-14H2,1-3H3,(H,21,22). The fourth-order valence-electron chi connectivity index (χ4n) is 2.44. The molecule has 1 N–H and O–H groups in total. The molecule has 24 heavy (non-hydrogen) atoms. The molecule has 0 aliphatic carbocycles. The summed E-state index contributed by atoms with van der Waals surface area (Å²) in [7, 11) is 1.66. The minimum atomic E-state index is 0.0653. The van der Waals surface area contributed by atoms with E-state index in [0.717, 1.165) is 28.4 Å². The van der Waals surface area contributed by atoms with Gasteiger partial charge >= 0.3 is 0 Å². The number of hydrogen-bond acceptors (Lipinski definition) is 3. The lowest BCUT2D eigenvalue weighted by molar-refractivity contribution is -0.120. The molecule has 0 aromatic heterocycles. The van der Waals surface area contributed by atoms with Crippen molar-refractivity contribution in [1.82, 2.24) is 5.32 Å². The van der Waals surface area contributed by atoms with Gasteiger partial charge in [0.1, 0.15) is 5.75 Å². The van der Waals surface area contributed by atoms with Crippen LogP contribution in [0.4, 0.5) is 0 Å². The van der Waals surface area contributed by atoms with Crippen LogP contribution in [0.2, 0.25) is 0 Å². The average molecular weight is 343 g/mol. The van der Waals surface area contributed by atoms with Gasteiger partial charge in [0.25, 0.3) is 0 Å². The summed E-state index contributed by atoms with van der Waals surface area (Å²) in [6.45, 7) is 4.78. The van der Waals surface area contributed by atoms with Crippen LogP contribution in [0.15, 0.2) is 42.5 Å². The van der Waals surface area contributed by atoms with Gasteiger partial charge in [0.2, 0.25) is 5.91 Å². The summed E-state index contributed by atoms with van der Waals surface area (Å²) in [6.07, 6.45) is 0.410. The van der Waals surface area contributed by atoms with Crippen LogP contribution >= 0.6 is 11.8 Å². The van der Waals surface area contributed by atoms with Crippen molar-refractivity contribution >= 4 is 17.7 Å². The van der Waals surface area contributed by atoms with Gasteiger partial charge in [0.05, 0.1) is 13.5 Å². The number of nitrogens with one attached hydrogen (secondary N) is 1. The minimum absolute atomic E-state index is 0.0653. The first-order valence-corrected chi connectivity index (χ1v) is 9.27. The number of thioether (sulfide) groups is 1. The summed E-state index contributed by atoms with van der Waals surface area (Å²) in [4.78, 5) is 12.0. The van der Waals surface area contributed by atoms with E-state index in [2.05, 4.69) is 36.5 Å². The van der Waals surface area contributed by atoms with Crippen molar-refractivity contribution in [3.8, 4) is 5.75 Å². The van der Waals surface area contributed by atoms with Gasteiger partial charge in [-0.15, -0.1) is 0 Å². The third kappa shape index (κ3) is 5.93. The van der Waals surface area contributed by atoms with Gasteiger partial charge in [-0.2, -0.15) is 11.8 Å². The Hall–Kier alpha value is -1.94. The van der Waals surface area contributed by atoms with E-state index in [1.165, 1.54) is 11.1 Å². The van der Waals surface area contributed by atoms with E-state index in [1.807, 2.05) is 36.9 Å². The molecule has 0 atom stereocenters. The van der Waals surface area contributed by atoms with Crippen molar-refractivity contribution in [3.05, 3.63) is 64.7 Å². The lowest BCUT2D eigenvalue weighted by Crippen LogP contribution is -2.27. The third-order valence-corrected chi connectivity index (χ3v) is 4.81. The van der Waals surface area contributed by atoms with Gasteiger partial charge in [-0.1, -0.05) is 42.0 Å². The van der Waals surface area contributed by atoms with Crippen molar-refractivity contribution in [2.45, 2.75) is 26.0 Å². The summed E-state index contributed by atoms with van der Waals surface area (Å²) in [5.74, 6) is 2.82. The predicted octanol–water partition coefficient (Wildman–Crippen LogP) is 3.90. The molecule has 1 amide bonds. The van der Waals surface area contributed by atoms with Gasteiger partial charge in [0, 0.05) is 18.1 Å². The van der Waals surface area contributed by atoms with Crippen LogP contribution in [0.5, 0.6) is 5.75 Å². The average Bonchev–Trinajstić information content (AvgIpc) is 2.56. The molecule has 0 bridgehead atoms. The van der Waals surface area contributed by atoms with Gasteiger partial charge in [-0.25, -0.2) is 0 Å². The van der Waals surface area contributed by atoms with Gasteiger partial charge in [-0.05, 0) is 36.6 Å². The first-order valence-electron chi connectivity index (χ1n) is 8.12. The fourth-order valence-corrected chi connectivity index (χ4v) is 3.25. The molecule has 128 valence electrons. The van der Waals surface area contributed by atoms with Crippen LogP contribution in [0.1, 0.15) is 22.3 Å². The summed E-state index contributed by atoms with van der Waals surface area (Å²) in [6, 6.07) is 14.4. The third-order valence-electron chi connectivity index (χ3n) is 3.78. The van der Waals surface area contributed by atoms with Gasteiger partial charge in [0.15, 0.2) is 0 Å². The second-order valence-electron chi connectivity index (χ2n) is 5.87. The van der Waals surface area contributed by atoms with Crippen LogP contribution in [0, 0.1) is 13.8 Å². The number of carbonyl (C=O) groups is 1. The Kier molecular flexibility index (Phi) is 7.19. The summed E-state index contributed by atoms with van der Waals surface area (Å²) in [5.41, 5.74) is 4.67. The molecule has 4 heteroatoms. The first-order chi connectivity index (χ1) is 11.6. The van der Waals surface area contributed by atoms with E-state index >= 15 is 0 Å². The van der Waals surface area contributed by atoms with Crippen molar-refractivity contribution in [3.63, 3.8) is 0 Å². The molecule has 0 unspecified atom stereocenters. The highest BCUT2D eigenvalue weighted by Gasteiger charge is 2.05. The highest BCUT2D eigenvalue weighted by molar-refractivity contribution is 7.98. The van der Waals surface area contributed by atoms with Gasteiger partial charge < -0.3 is 10.1 Å². The molecule has 2 aromatic carbocycles. The lowest BCUT2D eigenvalue weighted by atomic mass is 10.1. The fraction of sp³-hybridized carbons (Fsp3) is 0.350. The molecule has 0 aliphatic heterocycles. The predicted molar refractivity (Wildman–Crippen MR) is 102 cm³/mol. The van der Waals surface area contributed by atoms with Crippen molar-refractivity contribution < 1.29 is 9.53 Å². The smallest absolute Gasteiger partial charge is 0.224 e. The van der Waals surface area contributed by atoms with Gasteiger partial charge in [-0.3, -0.25) is 4.79 Å². The molecule has 0 spiro atoms. The number of carbonyl (C=O) groups excluding carboxylic acids is 1. The van der Waals surface area contributed by atoms with Crippen molar-refractivity contribution in [2.75, 3.05) is 19.4 Å². The number of amides is 1. The van der Waals surface area contributed by atoms with E-state index in [4.69, 9.17) is 4.74 Å². The number of methoxy groups -OCH3 is 1. The Morgan fingerprint density at radius 2 is 1.79 bits per heavy atom. The molecule has 0 saturated carbocycles. The molecule has 0 aliphatic rings. The second-order valence-corrected chi connectivity index (χ2v) is 6.97. The van der Waals surface area contributed by atoms with E-state index in [0.29, 0.717) is 13.0 Å². The molecular weight excluding hydrogens is 318 g/mol. The molecule has 0 heterocycles. The zero-order valence-corrected chi connectivity index (χ0v) is 15.4.